The molecular formula is C26H32BrN5O6. The summed E-state index contributed by atoms with van der Waals surface area (Å²) in [6, 6.07) is 14.7. The lowest BCUT2D eigenvalue weighted by Crippen LogP contribution is -2.22. The van der Waals surface area contributed by atoms with E-state index in [1.54, 1.807) is 38.1 Å². The number of alkyl halides is 1. The molecule has 0 atom stereocenters. The number of carbonyl (C=O) groups excluding carboxylic acids is 4. The number of carbonyl (C=O) groups is 4. The molecule has 0 fully saturated rings. The van der Waals surface area contributed by atoms with Gasteiger partial charge in [-0.1, -0.05) is 65.8 Å². The molecule has 4 N–H and O–H groups in total. The van der Waals surface area contributed by atoms with E-state index in [-0.39, 0.29) is 25.6 Å². The fourth-order valence-electron chi connectivity index (χ4n) is 3.31. The molecule has 1 aliphatic rings. The van der Waals surface area contributed by atoms with E-state index < -0.39 is 17.8 Å². The van der Waals surface area contributed by atoms with Gasteiger partial charge in [-0.15, -0.1) is 0 Å². The van der Waals surface area contributed by atoms with Crippen LogP contribution in [0.5, 0.6) is 0 Å². The average Bonchev–Trinajstić information content (AvgIpc) is 3.47. The third kappa shape index (κ3) is 8.80. The lowest BCUT2D eigenvalue weighted by atomic mass is 10.1. The van der Waals surface area contributed by atoms with Crippen molar-refractivity contribution in [2.75, 3.05) is 18.5 Å². The van der Waals surface area contributed by atoms with Gasteiger partial charge in [-0.25, -0.2) is 0 Å². The van der Waals surface area contributed by atoms with Gasteiger partial charge in [0, 0.05) is 10.9 Å². The van der Waals surface area contributed by atoms with Crippen LogP contribution in [-0.2, 0) is 36.9 Å². The molecule has 2 amide bonds. The third-order valence-electron chi connectivity index (χ3n) is 4.80. The fraction of sp³-hybridized carbons (Fsp3) is 0.308. The number of nitrogens with two attached hydrogens (primary N) is 2. The van der Waals surface area contributed by atoms with Gasteiger partial charge in [-0.3, -0.25) is 28.9 Å². The highest BCUT2D eigenvalue weighted by molar-refractivity contribution is 9.09. The standard InChI is InChI=1S/C12H13N3O3.C9H8N2O.C4H7BrO2.CH4/c1-2-18-10(16)7-15-9-6-4-3-5-8(9)11(14-15)12(13)17;10-9(12)8-7-4-2-1-3-6(7)5-11-8;1-2-7-4(6)3-5;/h3-6H,2,7H2,1H3,(H2,13,17);1-4H,5H2,(H2,10,12);2-3H2,1H3;1H4. The molecule has 1 aromatic heterocycles. The molecule has 0 bridgehead atoms. The summed E-state index contributed by atoms with van der Waals surface area (Å²) < 4.78 is 10.8. The second-order valence-corrected chi connectivity index (χ2v) is 7.88. The largest absolute Gasteiger partial charge is 0.465 e. The van der Waals surface area contributed by atoms with Crippen molar-refractivity contribution in [3.8, 4) is 0 Å². The van der Waals surface area contributed by atoms with Crippen LogP contribution in [0.2, 0.25) is 0 Å². The summed E-state index contributed by atoms with van der Waals surface area (Å²) in [5.74, 6) is -1.67. The van der Waals surface area contributed by atoms with Gasteiger partial charge in [0.2, 0.25) is 0 Å². The molecule has 2 heterocycles. The van der Waals surface area contributed by atoms with Crippen LogP contribution in [0.25, 0.3) is 10.9 Å². The minimum atomic E-state index is -0.617. The Morgan fingerprint density at radius 2 is 1.53 bits per heavy atom. The van der Waals surface area contributed by atoms with Crippen molar-refractivity contribution in [3.05, 3.63) is 65.4 Å². The third-order valence-corrected chi connectivity index (χ3v) is 5.26. The number of fused-ring (bicyclic) bond motifs is 2. The fourth-order valence-corrected chi connectivity index (χ4v) is 3.47. The van der Waals surface area contributed by atoms with Crippen LogP contribution >= 0.6 is 15.9 Å². The van der Waals surface area contributed by atoms with E-state index in [9.17, 15) is 19.2 Å². The summed E-state index contributed by atoms with van der Waals surface area (Å²) in [7, 11) is 0. The molecule has 12 heteroatoms. The van der Waals surface area contributed by atoms with Gasteiger partial charge in [0.05, 0.1) is 25.3 Å². The van der Waals surface area contributed by atoms with E-state index >= 15 is 0 Å². The number of hydrogen-bond acceptors (Lipinski definition) is 8. The highest BCUT2D eigenvalue weighted by Gasteiger charge is 2.18. The van der Waals surface area contributed by atoms with Gasteiger partial charge in [0.1, 0.15) is 17.6 Å². The van der Waals surface area contributed by atoms with Crippen LogP contribution in [0.15, 0.2) is 53.5 Å². The molecule has 2 aromatic carbocycles. The van der Waals surface area contributed by atoms with Gasteiger partial charge in [0.25, 0.3) is 11.8 Å². The summed E-state index contributed by atoms with van der Waals surface area (Å²) in [6.45, 7) is 4.82. The number of rotatable bonds is 7. The zero-order valence-corrected chi connectivity index (χ0v) is 22.1. The van der Waals surface area contributed by atoms with Crippen molar-refractivity contribution in [1.29, 1.82) is 0 Å². The Kier molecular flexibility index (Phi) is 13.4. The molecule has 0 saturated carbocycles. The maximum absolute atomic E-state index is 11.4. The molecule has 1 aliphatic heterocycles. The molecule has 11 nitrogen and oxygen atoms in total. The molecule has 0 spiro atoms. The number of primary amides is 2. The predicted molar refractivity (Wildman–Crippen MR) is 148 cm³/mol. The Morgan fingerprint density at radius 3 is 2.11 bits per heavy atom. The number of halogens is 1. The normalized spacial score (nSPS) is 10.9. The van der Waals surface area contributed by atoms with Crippen molar-refractivity contribution in [2.45, 2.75) is 34.4 Å². The SMILES string of the molecule is C.CCOC(=O)CBr.CCOC(=O)Cn1nc(C(N)=O)c2ccccc21.NC(=O)C1=NCc2ccccc21. The molecular weight excluding hydrogens is 558 g/mol. The second-order valence-electron chi connectivity index (χ2n) is 7.32. The number of amides is 2. The number of para-hydroxylation sites is 1. The number of benzene rings is 2. The smallest absolute Gasteiger partial charge is 0.327 e. The van der Waals surface area contributed by atoms with Crippen LogP contribution in [-0.4, -0.2) is 57.8 Å². The van der Waals surface area contributed by atoms with Gasteiger partial charge < -0.3 is 20.9 Å². The summed E-state index contributed by atoms with van der Waals surface area (Å²) in [4.78, 5) is 47.7. The minimum Gasteiger partial charge on any atom is -0.465 e. The molecule has 38 heavy (non-hydrogen) atoms. The highest BCUT2D eigenvalue weighted by Crippen LogP contribution is 2.18. The monoisotopic (exact) mass is 589 g/mol. The van der Waals surface area contributed by atoms with Crippen LogP contribution in [0.3, 0.4) is 0 Å². The Morgan fingerprint density at radius 1 is 0.921 bits per heavy atom. The lowest BCUT2D eigenvalue weighted by Gasteiger charge is -2.02. The zero-order valence-electron chi connectivity index (χ0n) is 20.5. The number of esters is 2. The van der Waals surface area contributed by atoms with Crippen molar-refractivity contribution < 1.29 is 28.7 Å². The summed E-state index contributed by atoms with van der Waals surface area (Å²) in [6.07, 6.45) is 0. The molecule has 3 aromatic rings. The summed E-state index contributed by atoms with van der Waals surface area (Å²) in [5, 5.41) is 4.98. The van der Waals surface area contributed by atoms with Crippen LogP contribution in [0.4, 0.5) is 0 Å². The quantitative estimate of drug-likeness (QED) is 0.315. The summed E-state index contributed by atoms with van der Waals surface area (Å²) in [5.41, 5.74) is 13.6. The predicted octanol–water partition coefficient (Wildman–Crippen LogP) is 2.75. The molecule has 4 rings (SSSR count). The van der Waals surface area contributed by atoms with Crippen molar-refractivity contribution in [2.24, 2.45) is 16.5 Å². The van der Waals surface area contributed by atoms with E-state index in [2.05, 4.69) is 30.8 Å². The Labute approximate surface area is 229 Å². The first-order valence-corrected chi connectivity index (χ1v) is 12.4. The van der Waals surface area contributed by atoms with Crippen LogP contribution < -0.4 is 11.5 Å². The number of hydrogen-bond donors (Lipinski definition) is 2. The van der Waals surface area contributed by atoms with Crippen molar-refractivity contribution >= 4 is 56.3 Å². The number of ether oxygens (including phenoxy) is 2. The number of aliphatic imine (C=N–C) groups is 1. The Bertz CT molecular complexity index is 1300. The highest BCUT2D eigenvalue weighted by atomic mass is 79.9. The minimum absolute atomic E-state index is 0. The van der Waals surface area contributed by atoms with E-state index in [0.29, 0.717) is 41.7 Å². The number of aromatic nitrogens is 2. The second kappa shape index (κ2) is 15.9. The first-order chi connectivity index (χ1) is 17.7. The summed E-state index contributed by atoms with van der Waals surface area (Å²) >= 11 is 2.94. The van der Waals surface area contributed by atoms with Crippen LogP contribution in [0, 0.1) is 0 Å². The van der Waals surface area contributed by atoms with Gasteiger partial charge in [-0.05, 0) is 25.5 Å². The van der Waals surface area contributed by atoms with Gasteiger partial charge >= 0.3 is 11.9 Å². The van der Waals surface area contributed by atoms with E-state index in [1.807, 2.05) is 24.3 Å². The Hall–Kier alpha value is -4.06. The molecule has 0 radical (unpaired) electrons. The van der Waals surface area contributed by atoms with Crippen molar-refractivity contribution in [1.82, 2.24) is 9.78 Å². The average molecular weight is 590 g/mol. The van der Waals surface area contributed by atoms with Gasteiger partial charge in [0.15, 0.2) is 5.69 Å². The Balaban J connectivity index is 0.000000312. The topological polar surface area (TPSA) is 169 Å². The van der Waals surface area contributed by atoms with E-state index in [0.717, 1.165) is 11.1 Å². The molecule has 0 saturated heterocycles. The maximum atomic E-state index is 11.4. The van der Waals surface area contributed by atoms with E-state index in [4.69, 9.17) is 16.2 Å². The maximum Gasteiger partial charge on any atom is 0.327 e. The first-order valence-electron chi connectivity index (χ1n) is 11.3. The molecule has 0 unspecified atom stereocenters. The zero-order chi connectivity index (χ0) is 27.4. The van der Waals surface area contributed by atoms with Crippen LogP contribution in [0.1, 0.15) is 42.9 Å². The van der Waals surface area contributed by atoms with E-state index in [1.165, 1.54) is 4.68 Å². The van der Waals surface area contributed by atoms with Crippen molar-refractivity contribution in [3.63, 3.8) is 0 Å². The number of nitrogens with zero attached hydrogens (tertiary/aromatic N) is 3. The molecule has 0 aliphatic carbocycles. The van der Waals surface area contributed by atoms with Gasteiger partial charge in [-0.2, -0.15) is 5.10 Å². The molecule has 204 valence electrons. The lowest BCUT2D eigenvalue weighted by molar-refractivity contribution is -0.144. The first kappa shape index (κ1) is 32.0.